The topological polar surface area (TPSA) is 12.0 Å². The summed E-state index contributed by atoms with van der Waals surface area (Å²) in [5.74, 6) is 1.78. The second-order valence-electron chi connectivity index (χ2n) is 5.33. The van der Waals surface area contributed by atoms with E-state index in [0.717, 1.165) is 22.6 Å². The molecule has 1 aromatic heterocycles. The first-order chi connectivity index (χ1) is 8.19. The van der Waals surface area contributed by atoms with Gasteiger partial charge < -0.3 is 5.32 Å². The first-order valence-electron chi connectivity index (χ1n) is 6.60. The molecule has 0 radical (unpaired) electrons. The van der Waals surface area contributed by atoms with Crippen LogP contribution in [-0.2, 0) is 6.42 Å². The Morgan fingerprint density at radius 1 is 1.35 bits per heavy atom. The van der Waals surface area contributed by atoms with Gasteiger partial charge in [-0.05, 0) is 50.3 Å². The van der Waals surface area contributed by atoms with Crippen molar-refractivity contribution in [2.45, 2.75) is 45.1 Å². The average molecular weight is 272 g/mol. The highest BCUT2D eigenvalue weighted by molar-refractivity contribution is 7.16. The molecule has 0 aromatic carbocycles. The van der Waals surface area contributed by atoms with Crippen molar-refractivity contribution >= 4 is 22.9 Å². The molecule has 1 atom stereocenters. The maximum Gasteiger partial charge on any atom is 0.0931 e. The van der Waals surface area contributed by atoms with Crippen molar-refractivity contribution in [3.05, 3.63) is 21.3 Å². The number of likely N-dealkylation sites (N-methyl/N-ethyl adjacent to an activating group) is 1. The lowest BCUT2D eigenvalue weighted by atomic mass is 9.78. The Labute approximate surface area is 114 Å². The number of rotatable bonds is 4. The molecule has 96 valence electrons. The van der Waals surface area contributed by atoms with Gasteiger partial charge in [0.1, 0.15) is 0 Å². The van der Waals surface area contributed by atoms with Crippen molar-refractivity contribution in [2.75, 3.05) is 7.05 Å². The van der Waals surface area contributed by atoms with Crippen LogP contribution in [0.25, 0.3) is 0 Å². The van der Waals surface area contributed by atoms with Gasteiger partial charge in [-0.1, -0.05) is 31.4 Å². The second-order valence-corrected chi connectivity index (χ2v) is 7.12. The molecule has 2 rings (SSSR count). The lowest BCUT2D eigenvalue weighted by Crippen LogP contribution is -2.37. The van der Waals surface area contributed by atoms with E-state index in [-0.39, 0.29) is 0 Å². The molecule has 1 aliphatic rings. The lowest BCUT2D eigenvalue weighted by molar-refractivity contribution is 0.236. The summed E-state index contributed by atoms with van der Waals surface area (Å²) in [6.45, 7) is 2.38. The molecule has 1 aromatic rings. The zero-order chi connectivity index (χ0) is 12.3. The third-order valence-electron chi connectivity index (χ3n) is 4.05. The van der Waals surface area contributed by atoms with Crippen LogP contribution in [0.1, 0.15) is 37.5 Å². The van der Waals surface area contributed by atoms with Crippen LogP contribution >= 0.6 is 22.9 Å². The molecule has 0 aliphatic heterocycles. The van der Waals surface area contributed by atoms with Gasteiger partial charge in [-0.15, -0.1) is 11.3 Å². The number of hydrogen-bond acceptors (Lipinski definition) is 2. The maximum atomic E-state index is 5.99. The monoisotopic (exact) mass is 271 g/mol. The van der Waals surface area contributed by atoms with Gasteiger partial charge in [0.15, 0.2) is 0 Å². The Kier molecular flexibility index (Phi) is 4.89. The van der Waals surface area contributed by atoms with Crippen LogP contribution in [0.3, 0.4) is 0 Å². The quantitative estimate of drug-likeness (QED) is 0.858. The molecule has 1 unspecified atom stereocenters. The first kappa shape index (κ1) is 13.4. The standard InChI is InChI=1S/C14H22ClNS/c1-10-3-5-11(6-4-10)13(16-2)9-12-7-8-14(15)17-12/h7-8,10-11,13,16H,3-6,9H2,1-2H3. The van der Waals surface area contributed by atoms with Crippen molar-refractivity contribution in [3.63, 3.8) is 0 Å². The summed E-state index contributed by atoms with van der Waals surface area (Å²) in [5, 5.41) is 3.51. The molecule has 1 aliphatic carbocycles. The number of nitrogens with one attached hydrogen (secondary N) is 1. The van der Waals surface area contributed by atoms with Crippen molar-refractivity contribution in [1.29, 1.82) is 0 Å². The van der Waals surface area contributed by atoms with Gasteiger partial charge in [-0.3, -0.25) is 0 Å². The highest BCUT2D eigenvalue weighted by Gasteiger charge is 2.25. The summed E-state index contributed by atoms with van der Waals surface area (Å²) in [5.41, 5.74) is 0. The molecule has 1 saturated carbocycles. The fourth-order valence-electron chi connectivity index (χ4n) is 2.87. The Hall–Kier alpha value is -0.0500. The van der Waals surface area contributed by atoms with Gasteiger partial charge in [0.05, 0.1) is 4.34 Å². The summed E-state index contributed by atoms with van der Waals surface area (Å²) in [6.07, 6.45) is 6.69. The fraction of sp³-hybridized carbons (Fsp3) is 0.714. The van der Waals surface area contributed by atoms with Crippen molar-refractivity contribution in [3.8, 4) is 0 Å². The molecule has 0 amide bonds. The molecule has 0 saturated heterocycles. The largest absolute Gasteiger partial charge is 0.316 e. The van der Waals surface area contributed by atoms with Crippen LogP contribution in [0.4, 0.5) is 0 Å². The van der Waals surface area contributed by atoms with E-state index in [2.05, 4.69) is 25.4 Å². The maximum absolute atomic E-state index is 5.99. The molecule has 0 bridgehead atoms. The number of thiophene rings is 1. The van der Waals surface area contributed by atoms with Crippen LogP contribution in [0.5, 0.6) is 0 Å². The number of halogens is 1. The third kappa shape index (κ3) is 3.70. The van der Waals surface area contributed by atoms with Crippen LogP contribution < -0.4 is 5.32 Å². The lowest BCUT2D eigenvalue weighted by Gasteiger charge is -2.32. The number of hydrogen-bond donors (Lipinski definition) is 1. The highest BCUT2D eigenvalue weighted by atomic mass is 35.5. The predicted octanol–water partition coefficient (Wildman–Crippen LogP) is 4.36. The molecule has 17 heavy (non-hydrogen) atoms. The minimum absolute atomic E-state index is 0.622. The van der Waals surface area contributed by atoms with E-state index in [0.29, 0.717) is 6.04 Å². The van der Waals surface area contributed by atoms with E-state index >= 15 is 0 Å². The minimum atomic E-state index is 0.622. The van der Waals surface area contributed by atoms with Crippen molar-refractivity contribution in [2.24, 2.45) is 11.8 Å². The smallest absolute Gasteiger partial charge is 0.0931 e. The Morgan fingerprint density at radius 2 is 2.06 bits per heavy atom. The fourth-order valence-corrected chi connectivity index (χ4v) is 4.02. The van der Waals surface area contributed by atoms with E-state index in [1.54, 1.807) is 11.3 Å². The van der Waals surface area contributed by atoms with Crippen molar-refractivity contribution in [1.82, 2.24) is 5.32 Å². The second kappa shape index (κ2) is 6.21. The SMILES string of the molecule is CNC(Cc1ccc(Cl)s1)C1CCC(C)CC1. The van der Waals surface area contributed by atoms with Crippen LogP contribution in [0, 0.1) is 11.8 Å². The van der Waals surface area contributed by atoms with E-state index in [4.69, 9.17) is 11.6 Å². The van der Waals surface area contributed by atoms with Crippen LogP contribution in [-0.4, -0.2) is 13.1 Å². The summed E-state index contributed by atoms with van der Waals surface area (Å²) < 4.78 is 0.909. The molecule has 1 heterocycles. The van der Waals surface area contributed by atoms with Crippen LogP contribution in [0.2, 0.25) is 4.34 Å². The Morgan fingerprint density at radius 3 is 2.59 bits per heavy atom. The highest BCUT2D eigenvalue weighted by Crippen LogP contribution is 2.32. The summed E-state index contributed by atoms with van der Waals surface area (Å²) in [6, 6.07) is 4.80. The zero-order valence-corrected chi connectivity index (χ0v) is 12.3. The molecule has 1 fully saturated rings. The summed E-state index contributed by atoms with van der Waals surface area (Å²) >= 11 is 7.71. The molecular formula is C14H22ClNS. The van der Waals surface area contributed by atoms with Gasteiger partial charge in [0.25, 0.3) is 0 Å². The average Bonchev–Trinajstić information content (AvgIpc) is 2.73. The summed E-state index contributed by atoms with van der Waals surface area (Å²) in [7, 11) is 2.10. The molecular weight excluding hydrogens is 250 g/mol. The van der Waals surface area contributed by atoms with Gasteiger partial charge in [0.2, 0.25) is 0 Å². The summed E-state index contributed by atoms with van der Waals surface area (Å²) in [4.78, 5) is 1.41. The molecule has 0 spiro atoms. The first-order valence-corrected chi connectivity index (χ1v) is 7.80. The normalized spacial score (nSPS) is 27.0. The van der Waals surface area contributed by atoms with Gasteiger partial charge in [-0.25, -0.2) is 0 Å². The molecule has 1 N–H and O–H groups in total. The third-order valence-corrected chi connectivity index (χ3v) is 5.30. The van der Waals surface area contributed by atoms with Gasteiger partial charge in [0, 0.05) is 10.9 Å². The van der Waals surface area contributed by atoms with E-state index < -0.39 is 0 Å². The minimum Gasteiger partial charge on any atom is -0.316 e. The van der Waals surface area contributed by atoms with Crippen molar-refractivity contribution < 1.29 is 0 Å². The van der Waals surface area contributed by atoms with E-state index in [9.17, 15) is 0 Å². The van der Waals surface area contributed by atoms with E-state index in [1.807, 2.05) is 6.07 Å². The Balaban J connectivity index is 1.92. The van der Waals surface area contributed by atoms with Gasteiger partial charge in [-0.2, -0.15) is 0 Å². The Bertz CT molecular complexity index is 342. The van der Waals surface area contributed by atoms with Crippen LogP contribution in [0.15, 0.2) is 12.1 Å². The molecule has 3 heteroatoms. The van der Waals surface area contributed by atoms with Gasteiger partial charge >= 0.3 is 0 Å². The van der Waals surface area contributed by atoms with E-state index in [1.165, 1.54) is 30.6 Å². The zero-order valence-electron chi connectivity index (χ0n) is 10.7. The predicted molar refractivity (Wildman–Crippen MR) is 77.0 cm³/mol. The molecule has 1 nitrogen and oxygen atoms in total.